The minimum absolute atomic E-state index is 0.285. The lowest BCUT2D eigenvalue weighted by Crippen LogP contribution is -2.25. The van der Waals surface area contributed by atoms with Crippen molar-refractivity contribution in [3.8, 4) is 5.75 Å². The smallest absolute Gasteiger partial charge is 0.416 e. The van der Waals surface area contributed by atoms with E-state index >= 15 is 0 Å². The molecule has 0 heterocycles. The molecule has 0 fully saturated rings. The highest BCUT2D eigenvalue weighted by molar-refractivity contribution is 5.72. The zero-order chi connectivity index (χ0) is 16.4. The minimum atomic E-state index is -4.78. The maximum atomic E-state index is 13.8. The summed E-state index contributed by atoms with van der Waals surface area (Å²) in [7, 11) is 0. The van der Waals surface area contributed by atoms with Crippen LogP contribution in [0.5, 0.6) is 5.75 Å². The van der Waals surface area contributed by atoms with Crippen molar-refractivity contribution >= 4 is 5.97 Å². The van der Waals surface area contributed by atoms with Crippen LogP contribution in [0.25, 0.3) is 0 Å². The maximum Gasteiger partial charge on any atom is 0.416 e. The number of alkyl halides is 5. The van der Waals surface area contributed by atoms with E-state index in [2.05, 4.69) is 0 Å². The molecule has 3 nitrogen and oxygen atoms in total. The molecule has 1 aromatic rings. The standard InChI is InChI=1S/C13H13F5O3/c1-3-12(14,15)9-6-8(13(16,17)18)4-5-10(9)21-7(2)11(19)20/h4-7H,3H2,1-2H3,(H,19,20). The van der Waals surface area contributed by atoms with Gasteiger partial charge in [0.2, 0.25) is 0 Å². The molecule has 0 aromatic heterocycles. The topological polar surface area (TPSA) is 46.5 Å². The summed E-state index contributed by atoms with van der Waals surface area (Å²) in [6, 6.07) is 1.56. The largest absolute Gasteiger partial charge is 0.479 e. The first kappa shape index (κ1) is 17.2. The van der Waals surface area contributed by atoms with Crippen LogP contribution in [0.3, 0.4) is 0 Å². The Morgan fingerprint density at radius 2 is 1.86 bits per heavy atom. The molecule has 0 saturated carbocycles. The van der Waals surface area contributed by atoms with Crippen molar-refractivity contribution in [2.75, 3.05) is 0 Å². The van der Waals surface area contributed by atoms with Gasteiger partial charge in [0.15, 0.2) is 6.10 Å². The van der Waals surface area contributed by atoms with Gasteiger partial charge in [-0.3, -0.25) is 0 Å². The number of ether oxygens (including phenoxy) is 1. The summed E-state index contributed by atoms with van der Waals surface area (Å²) in [5, 5.41) is 8.69. The zero-order valence-electron chi connectivity index (χ0n) is 11.2. The molecule has 0 amide bonds. The van der Waals surface area contributed by atoms with Crippen molar-refractivity contribution < 1.29 is 36.6 Å². The first-order valence-electron chi connectivity index (χ1n) is 5.98. The molecule has 0 bridgehead atoms. The number of carbonyl (C=O) groups is 1. The van der Waals surface area contributed by atoms with Crippen LogP contribution in [-0.2, 0) is 16.9 Å². The van der Waals surface area contributed by atoms with Crippen LogP contribution in [0, 0.1) is 0 Å². The van der Waals surface area contributed by atoms with Gasteiger partial charge in [-0.1, -0.05) is 6.92 Å². The first-order valence-corrected chi connectivity index (χ1v) is 5.98. The van der Waals surface area contributed by atoms with Crippen molar-refractivity contribution in [1.82, 2.24) is 0 Å². The number of carboxylic acid groups (broad SMARTS) is 1. The number of benzene rings is 1. The van der Waals surface area contributed by atoms with E-state index < -0.39 is 47.5 Å². The van der Waals surface area contributed by atoms with Crippen LogP contribution in [0.1, 0.15) is 31.4 Å². The van der Waals surface area contributed by atoms with Gasteiger partial charge in [-0.25, -0.2) is 13.6 Å². The molecule has 0 spiro atoms. The number of hydrogen-bond acceptors (Lipinski definition) is 2. The molecule has 0 saturated heterocycles. The van der Waals surface area contributed by atoms with E-state index in [1.54, 1.807) is 0 Å². The summed E-state index contributed by atoms with van der Waals surface area (Å²) in [6.45, 7) is 2.19. The predicted octanol–water partition coefficient (Wildman–Crippen LogP) is 4.06. The number of halogens is 5. The Morgan fingerprint density at radius 1 is 1.29 bits per heavy atom. The lowest BCUT2D eigenvalue weighted by Gasteiger charge is -2.21. The van der Waals surface area contributed by atoms with Gasteiger partial charge < -0.3 is 9.84 Å². The third-order valence-corrected chi connectivity index (χ3v) is 2.80. The van der Waals surface area contributed by atoms with Gasteiger partial charge in [-0.15, -0.1) is 0 Å². The number of carboxylic acids is 1. The summed E-state index contributed by atoms with van der Waals surface area (Å²) in [4.78, 5) is 10.7. The quantitative estimate of drug-likeness (QED) is 0.834. The van der Waals surface area contributed by atoms with E-state index in [1.807, 2.05) is 0 Å². The van der Waals surface area contributed by atoms with Gasteiger partial charge in [0.25, 0.3) is 5.92 Å². The van der Waals surface area contributed by atoms with Crippen LogP contribution >= 0.6 is 0 Å². The van der Waals surface area contributed by atoms with Crippen LogP contribution in [0.4, 0.5) is 22.0 Å². The van der Waals surface area contributed by atoms with Gasteiger partial charge in [0, 0.05) is 6.42 Å². The van der Waals surface area contributed by atoms with E-state index in [-0.39, 0.29) is 6.07 Å². The second kappa shape index (κ2) is 5.87. The fourth-order valence-electron chi connectivity index (χ4n) is 1.53. The fourth-order valence-corrected chi connectivity index (χ4v) is 1.53. The zero-order valence-corrected chi connectivity index (χ0v) is 11.2. The van der Waals surface area contributed by atoms with E-state index in [1.165, 1.54) is 0 Å². The highest BCUT2D eigenvalue weighted by Gasteiger charge is 2.38. The second-order valence-corrected chi connectivity index (χ2v) is 4.37. The third-order valence-electron chi connectivity index (χ3n) is 2.80. The van der Waals surface area contributed by atoms with Crippen LogP contribution < -0.4 is 4.74 Å². The molecule has 1 unspecified atom stereocenters. The maximum absolute atomic E-state index is 13.8. The van der Waals surface area contributed by atoms with Crippen molar-refractivity contribution in [3.05, 3.63) is 29.3 Å². The highest BCUT2D eigenvalue weighted by Crippen LogP contribution is 2.41. The van der Waals surface area contributed by atoms with Crippen LogP contribution in [0.15, 0.2) is 18.2 Å². The average molecular weight is 312 g/mol. The Balaban J connectivity index is 3.34. The Kier molecular flexibility index (Phi) is 4.80. The molecule has 1 N–H and O–H groups in total. The van der Waals surface area contributed by atoms with Crippen molar-refractivity contribution in [2.24, 2.45) is 0 Å². The summed E-state index contributed by atoms with van der Waals surface area (Å²) in [5.74, 6) is -5.56. The molecule has 0 aliphatic carbocycles. The molecule has 0 aliphatic heterocycles. The van der Waals surface area contributed by atoms with E-state index in [0.29, 0.717) is 12.1 Å². The third kappa shape index (κ3) is 4.05. The first-order chi connectivity index (χ1) is 9.49. The van der Waals surface area contributed by atoms with Crippen LogP contribution in [-0.4, -0.2) is 17.2 Å². The molecule has 8 heteroatoms. The monoisotopic (exact) mass is 312 g/mol. The number of rotatable bonds is 5. The molecule has 0 aliphatic rings. The van der Waals surface area contributed by atoms with Crippen molar-refractivity contribution in [3.63, 3.8) is 0 Å². The minimum Gasteiger partial charge on any atom is -0.479 e. The normalized spacial score (nSPS) is 13.9. The molecule has 1 atom stereocenters. The molecular weight excluding hydrogens is 299 g/mol. The van der Waals surface area contributed by atoms with Crippen molar-refractivity contribution in [2.45, 2.75) is 38.5 Å². The summed E-state index contributed by atoms with van der Waals surface area (Å²) < 4.78 is 70.2. The molecule has 118 valence electrons. The number of hydrogen-bond donors (Lipinski definition) is 1. The number of aliphatic carboxylic acids is 1. The SMILES string of the molecule is CCC(F)(F)c1cc(C(F)(F)F)ccc1OC(C)C(=O)O. The summed E-state index contributed by atoms with van der Waals surface area (Å²) in [5.41, 5.74) is -2.23. The van der Waals surface area contributed by atoms with Crippen LogP contribution in [0.2, 0.25) is 0 Å². The lowest BCUT2D eigenvalue weighted by molar-refractivity contribution is -0.144. The van der Waals surface area contributed by atoms with Gasteiger partial charge >= 0.3 is 12.1 Å². The molecule has 1 aromatic carbocycles. The van der Waals surface area contributed by atoms with Gasteiger partial charge in [0.05, 0.1) is 11.1 Å². The second-order valence-electron chi connectivity index (χ2n) is 4.37. The average Bonchev–Trinajstić information content (AvgIpc) is 2.37. The fraction of sp³-hybridized carbons (Fsp3) is 0.462. The summed E-state index contributed by atoms with van der Waals surface area (Å²) in [6.07, 6.45) is -6.99. The van der Waals surface area contributed by atoms with Gasteiger partial charge in [0.1, 0.15) is 5.75 Å². The van der Waals surface area contributed by atoms with Gasteiger partial charge in [-0.2, -0.15) is 13.2 Å². The molecule has 21 heavy (non-hydrogen) atoms. The van der Waals surface area contributed by atoms with E-state index in [0.717, 1.165) is 13.8 Å². The van der Waals surface area contributed by atoms with Gasteiger partial charge in [-0.05, 0) is 25.1 Å². The molecular formula is C13H13F5O3. The van der Waals surface area contributed by atoms with E-state index in [9.17, 15) is 26.7 Å². The molecule has 0 radical (unpaired) electrons. The highest BCUT2D eigenvalue weighted by atomic mass is 19.4. The Bertz CT molecular complexity index is 525. The van der Waals surface area contributed by atoms with Crippen molar-refractivity contribution in [1.29, 1.82) is 0 Å². The summed E-state index contributed by atoms with van der Waals surface area (Å²) >= 11 is 0. The Hall–Kier alpha value is -1.86. The Morgan fingerprint density at radius 3 is 2.29 bits per heavy atom. The van der Waals surface area contributed by atoms with E-state index in [4.69, 9.17) is 9.84 Å². The predicted molar refractivity (Wildman–Crippen MR) is 63.4 cm³/mol. The lowest BCUT2D eigenvalue weighted by atomic mass is 10.0. The Labute approximate surface area is 117 Å². The molecule has 1 rings (SSSR count).